The highest BCUT2D eigenvalue weighted by Crippen LogP contribution is 2.26. The van der Waals surface area contributed by atoms with E-state index in [0.717, 1.165) is 26.3 Å². The van der Waals surface area contributed by atoms with Crippen LogP contribution in [0.5, 0.6) is 0 Å². The maximum absolute atomic E-state index is 10.1. The number of rotatable bonds is 5. The van der Waals surface area contributed by atoms with Crippen LogP contribution in [0.4, 0.5) is 5.82 Å². The number of nitrogens with zero attached hydrogens (tertiary/aromatic N) is 3. The van der Waals surface area contributed by atoms with Crippen LogP contribution in [0, 0.1) is 0 Å². The zero-order chi connectivity index (χ0) is 16.2. The Balaban J connectivity index is 1.59. The van der Waals surface area contributed by atoms with Crippen molar-refractivity contribution in [3.63, 3.8) is 0 Å². The van der Waals surface area contributed by atoms with E-state index in [1.807, 2.05) is 0 Å². The van der Waals surface area contributed by atoms with Gasteiger partial charge in [0.15, 0.2) is 0 Å². The molecule has 2 aromatic rings. The van der Waals surface area contributed by atoms with Crippen LogP contribution in [0.15, 0.2) is 18.3 Å². The monoisotopic (exact) mass is 356 g/mol. The summed E-state index contributed by atoms with van der Waals surface area (Å²) in [4.78, 5) is 10.9. The summed E-state index contributed by atoms with van der Waals surface area (Å²) in [7, 11) is 0. The number of fused-ring (bicyclic) bond motifs is 1. The predicted molar refractivity (Wildman–Crippen MR) is 91.3 cm³/mol. The normalized spacial score (nSPS) is 17.3. The van der Waals surface area contributed by atoms with E-state index >= 15 is 0 Å². The number of aliphatic hydroxyl groups is 1. The zero-order valence-corrected chi connectivity index (χ0v) is 14.0. The number of nitrogens with one attached hydrogen (secondary N) is 1. The van der Waals surface area contributed by atoms with Gasteiger partial charge in [-0.15, -0.1) is 0 Å². The van der Waals surface area contributed by atoms with Gasteiger partial charge in [0.25, 0.3) is 0 Å². The Morgan fingerprint density at radius 2 is 1.91 bits per heavy atom. The van der Waals surface area contributed by atoms with Crippen molar-refractivity contribution >= 4 is 40.1 Å². The van der Waals surface area contributed by atoms with Crippen LogP contribution in [-0.2, 0) is 4.74 Å². The molecule has 1 aromatic heterocycles. The van der Waals surface area contributed by atoms with Crippen molar-refractivity contribution in [2.45, 2.75) is 6.10 Å². The molecule has 3 rings (SSSR count). The highest BCUT2D eigenvalue weighted by Gasteiger charge is 2.15. The minimum Gasteiger partial charge on any atom is -0.390 e. The third-order valence-electron chi connectivity index (χ3n) is 3.68. The molecule has 0 radical (unpaired) electrons. The van der Waals surface area contributed by atoms with Crippen molar-refractivity contribution in [1.29, 1.82) is 0 Å². The molecule has 6 nitrogen and oxygen atoms in total. The van der Waals surface area contributed by atoms with Crippen LogP contribution in [-0.4, -0.2) is 65.5 Å². The topological polar surface area (TPSA) is 70.5 Å². The van der Waals surface area contributed by atoms with Gasteiger partial charge in [-0.3, -0.25) is 9.88 Å². The second-order valence-electron chi connectivity index (χ2n) is 5.46. The molecular weight excluding hydrogens is 339 g/mol. The van der Waals surface area contributed by atoms with Crippen molar-refractivity contribution in [2.24, 2.45) is 0 Å². The Morgan fingerprint density at radius 3 is 2.65 bits per heavy atom. The Labute approximate surface area is 144 Å². The van der Waals surface area contributed by atoms with E-state index < -0.39 is 6.10 Å². The fourth-order valence-electron chi connectivity index (χ4n) is 2.46. The fourth-order valence-corrected chi connectivity index (χ4v) is 2.78. The molecule has 1 aromatic carbocycles. The minimum absolute atomic E-state index is 0.402. The summed E-state index contributed by atoms with van der Waals surface area (Å²) in [5, 5.41) is 14.1. The summed E-state index contributed by atoms with van der Waals surface area (Å²) in [6, 6.07) is 3.37. The molecule has 2 N–H and O–H groups in total. The van der Waals surface area contributed by atoms with E-state index in [1.165, 1.54) is 0 Å². The average Bonchev–Trinajstić information content (AvgIpc) is 2.55. The smallest absolute Gasteiger partial charge is 0.145 e. The summed E-state index contributed by atoms with van der Waals surface area (Å²) in [5.74, 6) is 0.594. The van der Waals surface area contributed by atoms with Crippen LogP contribution in [0.2, 0.25) is 10.0 Å². The fraction of sp³-hybridized carbons (Fsp3) is 0.467. The number of hydrogen-bond donors (Lipinski definition) is 2. The second kappa shape index (κ2) is 7.59. The van der Waals surface area contributed by atoms with Crippen LogP contribution in [0.25, 0.3) is 11.0 Å². The van der Waals surface area contributed by atoms with Gasteiger partial charge in [0.2, 0.25) is 0 Å². The molecule has 0 saturated carbocycles. The molecule has 1 atom stereocenters. The first-order chi connectivity index (χ1) is 11.1. The molecule has 2 heterocycles. The van der Waals surface area contributed by atoms with Gasteiger partial charge >= 0.3 is 0 Å². The lowest BCUT2D eigenvalue weighted by Gasteiger charge is -2.28. The summed E-state index contributed by atoms with van der Waals surface area (Å²) < 4.78 is 5.29. The molecule has 1 aliphatic rings. The predicted octanol–water partition coefficient (Wildman–Crippen LogP) is 2.04. The molecule has 0 spiro atoms. The number of halogens is 2. The largest absolute Gasteiger partial charge is 0.390 e. The molecule has 124 valence electrons. The van der Waals surface area contributed by atoms with Crippen molar-refractivity contribution in [1.82, 2.24) is 14.9 Å². The molecule has 1 fully saturated rings. The maximum Gasteiger partial charge on any atom is 0.145 e. The summed E-state index contributed by atoms with van der Waals surface area (Å²) in [5.41, 5.74) is 1.34. The Bertz CT molecular complexity index is 680. The Morgan fingerprint density at radius 1 is 1.22 bits per heavy atom. The number of morpholine rings is 1. The number of hydrogen-bond acceptors (Lipinski definition) is 6. The highest BCUT2D eigenvalue weighted by atomic mass is 35.5. The maximum atomic E-state index is 10.1. The van der Waals surface area contributed by atoms with Gasteiger partial charge in [0, 0.05) is 26.2 Å². The average molecular weight is 357 g/mol. The summed E-state index contributed by atoms with van der Waals surface area (Å²) in [6.45, 7) is 4.16. The van der Waals surface area contributed by atoms with E-state index in [9.17, 15) is 5.11 Å². The molecule has 23 heavy (non-hydrogen) atoms. The van der Waals surface area contributed by atoms with Gasteiger partial charge in [-0.1, -0.05) is 23.2 Å². The molecule has 0 bridgehead atoms. The number of benzene rings is 1. The van der Waals surface area contributed by atoms with Crippen molar-refractivity contribution in [3.8, 4) is 0 Å². The number of aromatic nitrogens is 2. The molecular formula is C15H18Cl2N4O2. The standard InChI is InChI=1S/C15H18Cl2N4O2/c16-11-5-13-14(6-12(11)17)20-15(8-18-13)19-7-10(22)9-21-1-3-23-4-2-21/h5-6,8,10,22H,1-4,7,9H2,(H,19,20). The third-order valence-corrected chi connectivity index (χ3v) is 4.40. The van der Waals surface area contributed by atoms with Crippen molar-refractivity contribution in [2.75, 3.05) is 44.7 Å². The van der Waals surface area contributed by atoms with Gasteiger partial charge in [-0.2, -0.15) is 0 Å². The molecule has 1 unspecified atom stereocenters. The molecule has 1 saturated heterocycles. The lowest BCUT2D eigenvalue weighted by molar-refractivity contribution is 0.0171. The van der Waals surface area contributed by atoms with Gasteiger partial charge in [-0.25, -0.2) is 4.98 Å². The number of β-amino-alcohol motifs (C(OH)–C–C–N with tert-alkyl or cyclic N) is 1. The van der Waals surface area contributed by atoms with E-state index in [0.29, 0.717) is 40.0 Å². The van der Waals surface area contributed by atoms with E-state index in [4.69, 9.17) is 27.9 Å². The molecule has 1 aliphatic heterocycles. The summed E-state index contributed by atoms with van der Waals surface area (Å²) >= 11 is 12.0. The molecule has 0 aliphatic carbocycles. The minimum atomic E-state index is -0.487. The first kappa shape index (κ1) is 16.7. The highest BCUT2D eigenvalue weighted by molar-refractivity contribution is 6.42. The van der Waals surface area contributed by atoms with Crippen LogP contribution < -0.4 is 5.32 Å². The SMILES string of the molecule is OC(CNc1cnc2cc(Cl)c(Cl)cc2n1)CN1CCOCC1. The van der Waals surface area contributed by atoms with Gasteiger partial charge in [-0.05, 0) is 12.1 Å². The van der Waals surface area contributed by atoms with E-state index in [-0.39, 0.29) is 0 Å². The van der Waals surface area contributed by atoms with E-state index in [1.54, 1.807) is 18.3 Å². The van der Waals surface area contributed by atoms with Crippen LogP contribution >= 0.6 is 23.2 Å². The third kappa shape index (κ3) is 4.43. The first-order valence-electron chi connectivity index (χ1n) is 7.45. The Hall–Kier alpha value is -1.18. The Kier molecular flexibility index (Phi) is 5.50. The second-order valence-corrected chi connectivity index (χ2v) is 6.27. The van der Waals surface area contributed by atoms with Gasteiger partial charge < -0.3 is 15.2 Å². The van der Waals surface area contributed by atoms with Crippen molar-refractivity contribution in [3.05, 3.63) is 28.4 Å². The molecule has 8 heteroatoms. The van der Waals surface area contributed by atoms with E-state index in [2.05, 4.69) is 20.2 Å². The molecule has 0 amide bonds. The number of aliphatic hydroxyl groups excluding tert-OH is 1. The lowest BCUT2D eigenvalue weighted by atomic mass is 10.3. The number of anilines is 1. The van der Waals surface area contributed by atoms with Crippen LogP contribution in [0.3, 0.4) is 0 Å². The lowest BCUT2D eigenvalue weighted by Crippen LogP contribution is -2.42. The first-order valence-corrected chi connectivity index (χ1v) is 8.21. The van der Waals surface area contributed by atoms with Crippen LogP contribution in [0.1, 0.15) is 0 Å². The quantitative estimate of drug-likeness (QED) is 0.854. The number of ether oxygens (including phenoxy) is 1. The summed E-state index contributed by atoms with van der Waals surface area (Å²) in [6.07, 6.45) is 1.13. The zero-order valence-electron chi connectivity index (χ0n) is 12.5. The van der Waals surface area contributed by atoms with Gasteiger partial charge in [0.05, 0.1) is 46.6 Å². The van der Waals surface area contributed by atoms with Crippen molar-refractivity contribution < 1.29 is 9.84 Å². The van der Waals surface area contributed by atoms with Gasteiger partial charge in [0.1, 0.15) is 5.82 Å².